The van der Waals surface area contributed by atoms with E-state index in [0.717, 1.165) is 18.3 Å². The summed E-state index contributed by atoms with van der Waals surface area (Å²) in [4.78, 5) is 14.2. The van der Waals surface area contributed by atoms with Gasteiger partial charge in [0, 0.05) is 12.7 Å². The van der Waals surface area contributed by atoms with Crippen LogP contribution >= 0.6 is 0 Å². The molecule has 0 saturated heterocycles. The molecule has 4 nitrogen and oxygen atoms in total. The summed E-state index contributed by atoms with van der Waals surface area (Å²) in [6.45, 7) is 1.46. The largest absolute Gasteiger partial charge is 0.481 e. The quantitative estimate of drug-likeness (QED) is 0.857. The van der Waals surface area contributed by atoms with Gasteiger partial charge in [0.15, 0.2) is 0 Å². The maximum atomic E-state index is 12.3. The fourth-order valence-corrected chi connectivity index (χ4v) is 1.05. The van der Waals surface area contributed by atoms with Crippen molar-refractivity contribution in [2.75, 3.05) is 11.9 Å². The Kier molecular flexibility index (Phi) is 3.93. The van der Waals surface area contributed by atoms with Crippen molar-refractivity contribution < 1.29 is 23.1 Å². The average molecular weight is 248 g/mol. The van der Waals surface area contributed by atoms with Gasteiger partial charge in [0.05, 0.1) is 11.5 Å². The number of carboxylic acids is 1. The number of nitrogens with one attached hydrogen (secondary N) is 1. The number of hydrogen-bond acceptors (Lipinski definition) is 3. The van der Waals surface area contributed by atoms with Crippen LogP contribution in [0.25, 0.3) is 0 Å². The minimum atomic E-state index is -4.43. The fourth-order valence-electron chi connectivity index (χ4n) is 1.05. The molecule has 94 valence electrons. The van der Waals surface area contributed by atoms with Gasteiger partial charge in [-0.3, -0.25) is 4.79 Å². The topological polar surface area (TPSA) is 62.2 Å². The Morgan fingerprint density at radius 3 is 2.76 bits per heavy atom. The van der Waals surface area contributed by atoms with Gasteiger partial charge < -0.3 is 10.4 Å². The van der Waals surface area contributed by atoms with E-state index in [1.165, 1.54) is 6.92 Å². The lowest BCUT2D eigenvalue weighted by Crippen LogP contribution is -2.20. The summed E-state index contributed by atoms with van der Waals surface area (Å²) >= 11 is 0. The molecule has 0 bridgehead atoms. The van der Waals surface area contributed by atoms with Gasteiger partial charge in [-0.2, -0.15) is 13.2 Å². The second kappa shape index (κ2) is 5.03. The summed E-state index contributed by atoms with van der Waals surface area (Å²) in [5.74, 6) is -1.72. The molecule has 0 fully saturated rings. The number of alkyl halides is 3. The Morgan fingerprint density at radius 2 is 2.24 bits per heavy atom. The first-order valence-corrected chi connectivity index (χ1v) is 4.80. The van der Waals surface area contributed by atoms with Crippen LogP contribution in [0.1, 0.15) is 12.5 Å². The highest BCUT2D eigenvalue weighted by Crippen LogP contribution is 2.29. The SMILES string of the molecule is CC(CNc1cc(C(F)(F)F)ccn1)C(=O)O. The van der Waals surface area contributed by atoms with Crippen LogP contribution in [0.3, 0.4) is 0 Å². The molecule has 1 rings (SSSR count). The lowest BCUT2D eigenvalue weighted by Gasteiger charge is -2.11. The molecule has 0 spiro atoms. The molecule has 17 heavy (non-hydrogen) atoms. The van der Waals surface area contributed by atoms with Gasteiger partial charge in [0.2, 0.25) is 0 Å². The molecule has 1 aromatic heterocycles. The molecular formula is C10H11F3N2O2. The third-order valence-corrected chi connectivity index (χ3v) is 2.10. The van der Waals surface area contributed by atoms with Crippen molar-refractivity contribution in [1.29, 1.82) is 0 Å². The molecule has 1 atom stereocenters. The monoisotopic (exact) mass is 248 g/mol. The molecule has 1 aromatic rings. The second-order valence-electron chi connectivity index (χ2n) is 3.55. The van der Waals surface area contributed by atoms with Gasteiger partial charge >= 0.3 is 12.1 Å². The highest BCUT2D eigenvalue weighted by atomic mass is 19.4. The number of hydrogen-bond donors (Lipinski definition) is 2. The first-order valence-electron chi connectivity index (χ1n) is 4.80. The Bertz CT molecular complexity index is 407. The Labute approximate surface area is 95.5 Å². The van der Waals surface area contributed by atoms with Gasteiger partial charge in [-0.05, 0) is 12.1 Å². The molecule has 1 unspecified atom stereocenters. The van der Waals surface area contributed by atoms with Crippen molar-refractivity contribution in [3.8, 4) is 0 Å². The first kappa shape index (κ1) is 13.3. The van der Waals surface area contributed by atoms with Gasteiger partial charge in [0.25, 0.3) is 0 Å². The summed E-state index contributed by atoms with van der Waals surface area (Å²) in [6, 6.07) is 1.69. The average Bonchev–Trinajstić information content (AvgIpc) is 2.25. The van der Waals surface area contributed by atoms with Crippen molar-refractivity contribution in [1.82, 2.24) is 4.98 Å². The third-order valence-electron chi connectivity index (χ3n) is 2.10. The van der Waals surface area contributed by atoms with E-state index in [0.29, 0.717) is 0 Å². The van der Waals surface area contributed by atoms with E-state index in [1.807, 2.05) is 0 Å². The highest BCUT2D eigenvalue weighted by molar-refractivity contribution is 5.70. The molecule has 0 aromatic carbocycles. The second-order valence-corrected chi connectivity index (χ2v) is 3.55. The van der Waals surface area contributed by atoms with Crippen LogP contribution in [-0.2, 0) is 11.0 Å². The van der Waals surface area contributed by atoms with E-state index in [1.54, 1.807) is 0 Å². The number of rotatable bonds is 4. The summed E-state index contributed by atoms with van der Waals surface area (Å²) in [5, 5.41) is 11.1. The van der Waals surface area contributed by atoms with Crippen LogP contribution in [0.5, 0.6) is 0 Å². The lowest BCUT2D eigenvalue weighted by atomic mass is 10.2. The molecule has 0 amide bonds. The number of carboxylic acid groups (broad SMARTS) is 1. The van der Waals surface area contributed by atoms with E-state index < -0.39 is 23.6 Å². The zero-order valence-corrected chi connectivity index (χ0v) is 8.95. The van der Waals surface area contributed by atoms with Crippen LogP contribution in [0.15, 0.2) is 18.3 Å². The summed E-state index contributed by atoms with van der Waals surface area (Å²) in [7, 11) is 0. The number of pyridine rings is 1. The Balaban J connectivity index is 2.70. The van der Waals surface area contributed by atoms with Crippen LogP contribution in [0.4, 0.5) is 19.0 Å². The summed E-state index contributed by atoms with van der Waals surface area (Å²) < 4.78 is 37.0. The third kappa shape index (κ3) is 3.93. The smallest absolute Gasteiger partial charge is 0.416 e. The predicted molar refractivity (Wildman–Crippen MR) is 54.5 cm³/mol. The highest BCUT2D eigenvalue weighted by Gasteiger charge is 2.30. The number of halogens is 3. The molecule has 0 saturated carbocycles. The minimum absolute atomic E-state index is 0.00734. The van der Waals surface area contributed by atoms with E-state index in [-0.39, 0.29) is 12.4 Å². The van der Waals surface area contributed by atoms with Crippen LogP contribution < -0.4 is 5.32 Å². The number of carbonyl (C=O) groups is 1. The molecule has 0 aliphatic heterocycles. The molecule has 7 heteroatoms. The van der Waals surface area contributed by atoms with Crippen LogP contribution in [0.2, 0.25) is 0 Å². The normalized spacial score (nSPS) is 13.2. The molecule has 0 aliphatic carbocycles. The Morgan fingerprint density at radius 1 is 1.59 bits per heavy atom. The van der Waals surface area contributed by atoms with Crippen molar-refractivity contribution >= 4 is 11.8 Å². The van der Waals surface area contributed by atoms with Gasteiger partial charge in [-0.15, -0.1) is 0 Å². The Hall–Kier alpha value is -1.79. The van der Waals surface area contributed by atoms with Crippen molar-refractivity contribution in [3.63, 3.8) is 0 Å². The van der Waals surface area contributed by atoms with Crippen molar-refractivity contribution in [3.05, 3.63) is 23.9 Å². The van der Waals surface area contributed by atoms with Crippen LogP contribution in [-0.4, -0.2) is 22.6 Å². The van der Waals surface area contributed by atoms with E-state index in [9.17, 15) is 18.0 Å². The van der Waals surface area contributed by atoms with Gasteiger partial charge in [-0.1, -0.05) is 6.92 Å². The minimum Gasteiger partial charge on any atom is -0.481 e. The number of nitrogens with zero attached hydrogens (tertiary/aromatic N) is 1. The maximum absolute atomic E-state index is 12.3. The van der Waals surface area contributed by atoms with E-state index >= 15 is 0 Å². The standard InChI is InChI=1S/C10H11F3N2O2/c1-6(9(16)17)5-15-8-4-7(2-3-14-8)10(11,12)13/h2-4,6H,5H2,1H3,(H,14,15)(H,16,17). The molecule has 0 radical (unpaired) electrons. The van der Waals surface area contributed by atoms with E-state index in [4.69, 9.17) is 5.11 Å². The predicted octanol–water partition coefficient (Wildman–Crippen LogP) is 2.23. The van der Waals surface area contributed by atoms with Gasteiger partial charge in [-0.25, -0.2) is 4.98 Å². The van der Waals surface area contributed by atoms with Crippen LogP contribution in [0, 0.1) is 5.92 Å². The van der Waals surface area contributed by atoms with E-state index in [2.05, 4.69) is 10.3 Å². The number of aromatic nitrogens is 1. The molecule has 0 aliphatic rings. The molecular weight excluding hydrogens is 237 g/mol. The molecule has 2 N–H and O–H groups in total. The van der Waals surface area contributed by atoms with Crippen molar-refractivity contribution in [2.24, 2.45) is 5.92 Å². The first-order chi connectivity index (χ1) is 7.80. The zero-order chi connectivity index (χ0) is 13.1. The summed E-state index contributed by atoms with van der Waals surface area (Å²) in [6.07, 6.45) is -3.41. The van der Waals surface area contributed by atoms with Crippen molar-refractivity contribution in [2.45, 2.75) is 13.1 Å². The van der Waals surface area contributed by atoms with Gasteiger partial charge in [0.1, 0.15) is 5.82 Å². The maximum Gasteiger partial charge on any atom is 0.416 e. The fraction of sp³-hybridized carbons (Fsp3) is 0.400. The lowest BCUT2D eigenvalue weighted by molar-refractivity contribution is -0.140. The summed E-state index contributed by atoms with van der Waals surface area (Å²) in [5.41, 5.74) is -0.821. The molecule has 1 heterocycles. The zero-order valence-electron chi connectivity index (χ0n) is 8.95. The number of aliphatic carboxylic acids is 1. The number of anilines is 1.